The van der Waals surface area contributed by atoms with E-state index in [0.29, 0.717) is 6.04 Å². The molecule has 1 aromatic heterocycles. The van der Waals surface area contributed by atoms with E-state index in [9.17, 15) is 0 Å². The van der Waals surface area contributed by atoms with Crippen molar-refractivity contribution in [3.63, 3.8) is 0 Å². The molecule has 2 nitrogen and oxygen atoms in total. The van der Waals surface area contributed by atoms with Crippen molar-refractivity contribution < 1.29 is 0 Å². The Balaban J connectivity index is 1.96. The van der Waals surface area contributed by atoms with E-state index >= 15 is 0 Å². The van der Waals surface area contributed by atoms with Gasteiger partial charge in [-0.15, -0.1) is 11.3 Å². The maximum absolute atomic E-state index is 4.42. The Labute approximate surface area is 102 Å². The Kier molecular flexibility index (Phi) is 4.36. The third-order valence-electron chi connectivity index (χ3n) is 3.63. The molecule has 1 aliphatic carbocycles. The van der Waals surface area contributed by atoms with E-state index in [1.165, 1.54) is 30.7 Å². The number of aromatic nitrogens is 1. The number of thiazole rings is 1. The van der Waals surface area contributed by atoms with E-state index in [-0.39, 0.29) is 0 Å². The summed E-state index contributed by atoms with van der Waals surface area (Å²) < 4.78 is 0. The minimum Gasteiger partial charge on any atom is -0.314 e. The SMILES string of the molecule is CCNC1CCC(C)CC1Cc1nccs1. The van der Waals surface area contributed by atoms with Gasteiger partial charge in [-0.25, -0.2) is 4.98 Å². The lowest BCUT2D eigenvalue weighted by Gasteiger charge is -2.35. The second-order valence-corrected chi connectivity index (χ2v) is 5.95. The van der Waals surface area contributed by atoms with Crippen molar-refractivity contribution in [2.45, 2.75) is 45.6 Å². The van der Waals surface area contributed by atoms with Crippen LogP contribution in [0, 0.1) is 11.8 Å². The summed E-state index contributed by atoms with van der Waals surface area (Å²) in [5.41, 5.74) is 0. The topological polar surface area (TPSA) is 24.9 Å². The predicted molar refractivity (Wildman–Crippen MR) is 69.8 cm³/mol. The van der Waals surface area contributed by atoms with Crippen LogP contribution in [0.1, 0.15) is 38.1 Å². The minimum atomic E-state index is 0.713. The molecule has 1 aliphatic rings. The average molecular weight is 238 g/mol. The van der Waals surface area contributed by atoms with E-state index < -0.39 is 0 Å². The Bertz CT molecular complexity index is 297. The zero-order valence-electron chi connectivity index (χ0n) is 10.3. The molecule has 0 spiro atoms. The summed E-state index contributed by atoms with van der Waals surface area (Å²) in [6.45, 7) is 5.68. The fraction of sp³-hybridized carbons (Fsp3) is 0.769. The first-order valence-electron chi connectivity index (χ1n) is 6.41. The van der Waals surface area contributed by atoms with E-state index in [2.05, 4.69) is 29.5 Å². The number of rotatable bonds is 4. The van der Waals surface area contributed by atoms with E-state index in [4.69, 9.17) is 0 Å². The van der Waals surface area contributed by atoms with Crippen LogP contribution in [0.25, 0.3) is 0 Å². The Morgan fingerprint density at radius 3 is 3.06 bits per heavy atom. The molecular weight excluding hydrogens is 216 g/mol. The monoisotopic (exact) mass is 238 g/mol. The van der Waals surface area contributed by atoms with Crippen LogP contribution < -0.4 is 5.32 Å². The molecule has 0 radical (unpaired) electrons. The molecule has 0 saturated heterocycles. The van der Waals surface area contributed by atoms with E-state index in [1.807, 2.05) is 6.20 Å². The van der Waals surface area contributed by atoms with Crippen LogP contribution in [0.4, 0.5) is 0 Å². The molecule has 0 aliphatic heterocycles. The molecule has 1 heterocycles. The van der Waals surface area contributed by atoms with Crippen molar-refractivity contribution in [3.05, 3.63) is 16.6 Å². The van der Waals surface area contributed by atoms with Crippen molar-refractivity contribution in [2.24, 2.45) is 11.8 Å². The van der Waals surface area contributed by atoms with Gasteiger partial charge in [-0.2, -0.15) is 0 Å². The predicted octanol–water partition coefficient (Wildman–Crippen LogP) is 3.10. The summed E-state index contributed by atoms with van der Waals surface area (Å²) >= 11 is 1.80. The zero-order chi connectivity index (χ0) is 11.4. The van der Waals surface area contributed by atoms with Crippen molar-refractivity contribution >= 4 is 11.3 Å². The molecule has 90 valence electrons. The van der Waals surface area contributed by atoms with Crippen LogP contribution in [0.3, 0.4) is 0 Å². The summed E-state index contributed by atoms with van der Waals surface area (Å²) in [6.07, 6.45) is 7.17. The van der Waals surface area contributed by atoms with Crippen LogP contribution >= 0.6 is 11.3 Å². The molecule has 3 unspecified atom stereocenters. The smallest absolute Gasteiger partial charge is 0.0928 e. The van der Waals surface area contributed by atoms with Gasteiger partial charge >= 0.3 is 0 Å². The Morgan fingerprint density at radius 1 is 1.50 bits per heavy atom. The fourth-order valence-corrected chi connectivity index (χ4v) is 3.54. The molecule has 3 heteroatoms. The van der Waals surface area contributed by atoms with Gasteiger partial charge in [0.25, 0.3) is 0 Å². The van der Waals surface area contributed by atoms with Gasteiger partial charge in [-0.3, -0.25) is 0 Å². The highest BCUT2D eigenvalue weighted by atomic mass is 32.1. The van der Waals surface area contributed by atoms with Gasteiger partial charge in [0.1, 0.15) is 0 Å². The third kappa shape index (κ3) is 3.05. The third-order valence-corrected chi connectivity index (χ3v) is 4.43. The van der Waals surface area contributed by atoms with Crippen molar-refractivity contribution in [1.82, 2.24) is 10.3 Å². The standard InChI is InChI=1S/C13H22N2S/c1-3-14-12-5-4-10(2)8-11(12)9-13-15-6-7-16-13/h6-7,10-12,14H,3-5,8-9H2,1-2H3. The number of hydrogen-bond donors (Lipinski definition) is 1. The van der Waals surface area contributed by atoms with E-state index in [0.717, 1.165) is 18.4 Å². The van der Waals surface area contributed by atoms with Crippen molar-refractivity contribution in [2.75, 3.05) is 6.54 Å². The van der Waals surface area contributed by atoms with Crippen LogP contribution in [-0.4, -0.2) is 17.6 Å². The van der Waals surface area contributed by atoms with E-state index in [1.54, 1.807) is 11.3 Å². The van der Waals surface area contributed by atoms with Gasteiger partial charge < -0.3 is 5.32 Å². The molecule has 1 aromatic rings. The lowest BCUT2D eigenvalue weighted by atomic mass is 9.77. The number of nitrogens with one attached hydrogen (secondary N) is 1. The lowest BCUT2D eigenvalue weighted by Crippen LogP contribution is -2.41. The molecule has 2 rings (SSSR count). The van der Waals surface area contributed by atoms with Gasteiger partial charge in [0.2, 0.25) is 0 Å². The Hall–Kier alpha value is -0.410. The lowest BCUT2D eigenvalue weighted by molar-refractivity contribution is 0.214. The molecule has 1 saturated carbocycles. The largest absolute Gasteiger partial charge is 0.314 e. The molecular formula is C13H22N2S. The second kappa shape index (κ2) is 5.78. The summed E-state index contributed by atoms with van der Waals surface area (Å²) in [4.78, 5) is 4.42. The highest BCUT2D eigenvalue weighted by Gasteiger charge is 2.28. The van der Waals surface area contributed by atoms with Crippen molar-refractivity contribution in [1.29, 1.82) is 0 Å². The summed E-state index contributed by atoms with van der Waals surface area (Å²) in [5.74, 6) is 1.68. The highest BCUT2D eigenvalue weighted by Crippen LogP contribution is 2.31. The fourth-order valence-electron chi connectivity index (χ4n) is 2.83. The van der Waals surface area contributed by atoms with Crippen molar-refractivity contribution in [3.8, 4) is 0 Å². The first-order chi connectivity index (χ1) is 7.79. The van der Waals surface area contributed by atoms with Crippen LogP contribution in [0.2, 0.25) is 0 Å². The molecule has 1 fully saturated rings. The first kappa shape index (κ1) is 12.1. The maximum Gasteiger partial charge on any atom is 0.0928 e. The van der Waals surface area contributed by atoms with Crippen LogP contribution in [-0.2, 0) is 6.42 Å². The molecule has 3 atom stereocenters. The summed E-state index contributed by atoms with van der Waals surface area (Å²) in [6, 6.07) is 0.713. The second-order valence-electron chi connectivity index (χ2n) is 4.97. The highest BCUT2D eigenvalue weighted by molar-refractivity contribution is 7.09. The van der Waals surface area contributed by atoms with Crippen LogP contribution in [0.5, 0.6) is 0 Å². The van der Waals surface area contributed by atoms with Crippen LogP contribution in [0.15, 0.2) is 11.6 Å². The number of nitrogens with zero attached hydrogens (tertiary/aromatic N) is 1. The first-order valence-corrected chi connectivity index (χ1v) is 7.29. The van der Waals surface area contributed by atoms with Gasteiger partial charge in [-0.05, 0) is 37.6 Å². The maximum atomic E-state index is 4.42. The zero-order valence-corrected chi connectivity index (χ0v) is 11.1. The molecule has 16 heavy (non-hydrogen) atoms. The minimum absolute atomic E-state index is 0.713. The summed E-state index contributed by atoms with van der Waals surface area (Å²) in [5, 5.41) is 7.04. The molecule has 0 aromatic carbocycles. The molecule has 1 N–H and O–H groups in total. The normalized spacial score (nSPS) is 30.5. The number of hydrogen-bond acceptors (Lipinski definition) is 3. The van der Waals surface area contributed by atoms with Gasteiger partial charge in [0.05, 0.1) is 5.01 Å². The van der Waals surface area contributed by atoms with Gasteiger partial charge in [-0.1, -0.05) is 13.8 Å². The molecule has 0 amide bonds. The Morgan fingerprint density at radius 2 is 2.38 bits per heavy atom. The summed E-state index contributed by atoms with van der Waals surface area (Å²) in [7, 11) is 0. The van der Waals surface area contributed by atoms with Gasteiger partial charge in [0, 0.05) is 24.0 Å². The average Bonchev–Trinajstić information content (AvgIpc) is 2.75. The quantitative estimate of drug-likeness (QED) is 0.872. The van der Waals surface area contributed by atoms with Gasteiger partial charge in [0.15, 0.2) is 0 Å². The molecule has 0 bridgehead atoms.